The average Bonchev–Trinajstić information content (AvgIpc) is 2.54. The summed E-state index contributed by atoms with van der Waals surface area (Å²) in [5.41, 5.74) is 0.670. The Kier molecular flexibility index (Phi) is 5.82. The summed E-state index contributed by atoms with van der Waals surface area (Å²) in [6.07, 6.45) is 0. The summed E-state index contributed by atoms with van der Waals surface area (Å²) in [4.78, 5) is 11.0. The predicted molar refractivity (Wildman–Crippen MR) is 89.7 cm³/mol. The number of methoxy groups -OCH3 is 1. The third-order valence-corrected chi connectivity index (χ3v) is 5.30. The van der Waals surface area contributed by atoms with Crippen molar-refractivity contribution < 1.29 is 23.1 Å². The van der Waals surface area contributed by atoms with Gasteiger partial charge in [-0.1, -0.05) is 41.9 Å². The smallest absolute Gasteiger partial charge is 0.318 e. The SMILES string of the molecule is COc1ccc(Cl)cc1S(=O)(=O)N(CC(=O)O)Cc1ccccc1. The average molecular weight is 370 g/mol. The van der Waals surface area contributed by atoms with Crippen molar-refractivity contribution in [3.8, 4) is 5.75 Å². The second-order valence-corrected chi connectivity index (χ2v) is 7.29. The lowest BCUT2D eigenvalue weighted by atomic mass is 10.2. The molecule has 0 heterocycles. The van der Waals surface area contributed by atoms with E-state index in [4.69, 9.17) is 21.4 Å². The predicted octanol–water partition coefficient (Wildman–Crippen LogP) is 2.62. The van der Waals surface area contributed by atoms with E-state index in [2.05, 4.69) is 0 Å². The number of aliphatic carboxylic acids is 1. The normalized spacial score (nSPS) is 11.5. The van der Waals surface area contributed by atoms with Crippen molar-refractivity contribution in [2.24, 2.45) is 0 Å². The summed E-state index contributed by atoms with van der Waals surface area (Å²) in [5.74, 6) is -1.15. The van der Waals surface area contributed by atoms with E-state index in [1.807, 2.05) is 0 Å². The molecule has 0 atom stereocenters. The first-order valence-electron chi connectivity index (χ1n) is 6.94. The zero-order valence-electron chi connectivity index (χ0n) is 12.8. The molecule has 128 valence electrons. The zero-order chi connectivity index (χ0) is 17.7. The number of hydrogen-bond donors (Lipinski definition) is 1. The first kappa shape index (κ1) is 18.3. The Bertz CT molecular complexity index is 824. The molecule has 6 nitrogen and oxygen atoms in total. The number of benzene rings is 2. The molecule has 8 heteroatoms. The van der Waals surface area contributed by atoms with Crippen LogP contribution in [0.3, 0.4) is 0 Å². The van der Waals surface area contributed by atoms with Crippen LogP contribution in [0.1, 0.15) is 5.56 Å². The number of carboxylic acid groups (broad SMARTS) is 1. The highest BCUT2D eigenvalue weighted by atomic mass is 35.5. The number of carboxylic acids is 1. The summed E-state index contributed by atoms with van der Waals surface area (Å²) < 4.78 is 31.8. The number of carbonyl (C=O) groups is 1. The maximum absolute atomic E-state index is 12.9. The Hall–Kier alpha value is -2.09. The quantitative estimate of drug-likeness (QED) is 0.811. The van der Waals surface area contributed by atoms with Crippen LogP contribution in [0.25, 0.3) is 0 Å². The molecule has 0 bridgehead atoms. The molecule has 0 aliphatic heterocycles. The Labute approximate surface area is 145 Å². The van der Waals surface area contributed by atoms with Gasteiger partial charge in [-0.25, -0.2) is 8.42 Å². The molecule has 0 radical (unpaired) electrons. The molecule has 0 spiro atoms. The molecular weight excluding hydrogens is 354 g/mol. The number of hydrogen-bond acceptors (Lipinski definition) is 4. The van der Waals surface area contributed by atoms with Crippen LogP contribution in [0.4, 0.5) is 0 Å². The van der Waals surface area contributed by atoms with Gasteiger partial charge in [-0.2, -0.15) is 4.31 Å². The highest BCUT2D eigenvalue weighted by Crippen LogP contribution is 2.30. The van der Waals surface area contributed by atoms with Gasteiger partial charge in [-0.05, 0) is 23.8 Å². The van der Waals surface area contributed by atoms with E-state index in [1.165, 1.54) is 25.3 Å². The summed E-state index contributed by atoms with van der Waals surface area (Å²) >= 11 is 5.90. The van der Waals surface area contributed by atoms with Crippen molar-refractivity contribution in [3.05, 3.63) is 59.1 Å². The molecule has 0 aromatic heterocycles. The lowest BCUT2D eigenvalue weighted by molar-refractivity contribution is -0.137. The second-order valence-electron chi connectivity index (χ2n) is 4.95. The summed E-state index contributed by atoms with van der Waals surface area (Å²) in [6, 6.07) is 12.9. The van der Waals surface area contributed by atoms with Crippen LogP contribution in [-0.2, 0) is 21.4 Å². The van der Waals surface area contributed by atoms with Gasteiger partial charge >= 0.3 is 5.97 Å². The van der Waals surface area contributed by atoms with Crippen LogP contribution in [0.5, 0.6) is 5.75 Å². The van der Waals surface area contributed by atoms with Gasteiger partial charge in [0.2, 0.25) is 10.0 Å². The van der Waals surface area contributed by atoms with Gasteiger partial charge in [0.15, 0.2) is 0 Å². The van der Waals surface area contributed by atoms with Crippen molar-refractivity contribution in [2.75, 3.05) is 13.7 Å². The Balaban J connectivity index is 2.47. The van der Waals surface area contributed by atoms with Crippen molar-refractivity contribution in [1.82, 2.24) is 4.31 Å². The van der Waals surface area contributed by atoms with E-state index in [0.29, 0.717) is 5.56 Å². The molecule has 0 saturated carbocycles. The molecule has 24 heavy (non-hydrogen) atoms. The van der Waals surface area contributed by atoms with Crippen molar-refractivity contribution >= 4 is 27.6 Å². The van der Waals surface area contributed by atoms with E-state index >= 15 is 0 Å². The van der Waals surface area contributed by atoms with Crippen molar-refractivity contribution in [1.29, 1.82) is 0 Å². The Morgan fingerprint density at radius 2 is 1.88 bits per heavy atom. The summed E-state index contributed by atoms with van der Waals surface area (Å²) in [6.45, 7) is -0.752. The standard InChI is InChI=1S/C16H16ClNO5S/c1-23-14-8-7-13(17)9-15(14)24(21,22)18(11-16(19)20)10-12-5-3-2-4-6-12/h2-9H,10-11H2,1H3,(H,19,20). The van der Waals surface area contributed by atoms with Crippen LogP contribution in [0.2, 0.25) is 5.02 Å². The number of nitrogens with zero attached hydrogens (tertiary/aromatic N) is 1. The number of rotatable bonds is 7. The maximum Gasteiger partial charge on any atom is 0.318 e. The fraction of sp³-hybridized carbons (Fsp3) is 0.188. The van der Waals surface area contributed by atoms with Gasteiger partial charge in [0.1, 0.15) is 17.2 Å². The van der Waals surface area contributed by atoms with Gasteiger partial charge < -0.3 is 9.84 Å². The molecule has 0 aliphatic carbocycles. The molecule has 0 amide bonds. The van der Waals surface area contributed by atoms with E-state index in [0.717, 1.165) is 4.31 Å². The minimum Gasteiger partial charge on any atom is -0.495 e. The van der Waals surface area contributed by atoms with Crippen LogP contribution < -0.4 is 4.74 Å². The fourth-order valence-electron chi connectivity index (χ4n) is 2.15. The van der Waals surface area contributed by atoms with Gasteiger partial charge in [0.25, 0.3) is 0 Å². The first-order chi connectivity index (χ1) is 11.3. The molecule has 2 aromatic carbocycles. The van der Waals surface area contributed by atoms with Gasteiger partial charge in [-0.15, -0.1) is 0 Å². The molecule has 0 unspecified atom stereocenters. The minimum atomic E-state index is -4.12. The lowest BCUT2D eigenvalue weighted by Gasteiger charge is -2.22. The van der Waals surface area contributed by atoms with E-state index in [9.17, 15) is 13.2 Å². The highest BCUT2D eigenvalue weighted by molar-refractivity contribution is 7.89. The summed E-state index contributed by atoms with van der Waals surface area (Å²) in [5, 5.41) is 9.30. The first-order valence-corrected chi connectivity index (χ1v) is 8.76. The van der Waals surface area contributed by atoms with Crippen molar-refractivity contribution in [3.63, 3.8) is 0 Å². The molecule has 2 rings (SSSR count). The van der Waals surface area contributed by atoms with E-state index < -0.39 is 22.5 Å². The van der Waals surface area contributed by atoms with Crippen LogP contribution >= 0.6 is 11.6 Å². The third kappa shape index (κ3) is 4.25. The molecule has 0 aliphatic rings. The largest absolute Gasteiger partial charge is 0.495 e. The van der Waals surface area contributed by atoms with E-state index in [-0.39, 0.29) is 22.2 Å². The Morgan fingerprint density at radius 1 is 1.21 bits per heavy atom. The van der Waals surface area contributed by atoms with Crippen LogP contribution in [-0.4, -0.2) is 37.5 Å². The Morgan fingerprint density at radius 3 is 2.46 bits per heavy atom. The molecule has 0 fully saturated rings. The highest BCUT2D eigenvalue weighted by Gasteiger charge is 2.30. The minimum absolute atomic E-state index is 0.0782. The van der Waals surface area contributed by atoms with Crippen LogP contribution in [0, 0.1) is 0 Å². The van der Waals surface area contributed by atoms with Gasteiger partial charge in [0.05, 0.1) is 7.11 Å². The zero-order valence-corrected chi connectivity index (χ0v) is 14.4. The molecule has 1 N–H and O–H groups in total. The van der Waals surface area contributed by atoms with Crippen molar-refractivity contribution in [2.45, 2.75) is 11.4 Å². The van der Waals surface area contributed by atoms with Crippen LogP contribution in [0.15, 0.2) is 53.4 Å². The fourth-order valence-corrected chi connectivity index (χ4v) is 3.95. The number of ether oxygens (including phenoxy) is 1. The molecular formula is C16H16ClNO5S. The van der Waals surface area contributed by atoms with Gasteiger partial charge in [-0.3, -0.25) is 4.79 Å². The molecule has 2 aromatic rings. The number of sulfonamides is 1. The lowest BCUT2D eigenvalue weighted by Crippen LogP contribution is -2.35. The van der Waals surface area contributed by atoms with E-state index in [1.54, 1.807) is 30.3 Å². The topological polar surface area (TPSA) is 83.9 Å². The molecule has 0 saturated heterocycles. The monoisotopic (exact) mass is 369 g/mol. The maximum atomic E-state index is 12.9. The van der Waals surface area contributed by atoms with Gasteiger partial charge in [0, 0.05) is 11.6 Å². The second kappa shape index (κ2) is 7.65. The summed E-state index contributed by atoms with van der Waals surface area (Å²) in [7, 11) is -2.78. The third-order valence-electron chi connectivity index (χ3n) is 3.26. The number of halogens is 1.